The summed E-state index contributed by atoms with van der Waals surface area (Å²) in [6, 6.07) is 6.46. The number of rotatable bonds is 4. The second kappa shape index (κ2) is 4.47. The molecule has 92 valence electrons. The normalized spacial score (nSPS) is 12.2. The molecule has 0 aliphatic heterocycles. The maximum Gasteiger partial charge on any atom is 0.0955 e. The summed E-state index contributed by atoms with van der Waals surface area (Å²) in [5.41, 5.74) is 9.03. The topological polar surface area (TPSA) is 55.9 Å². The van der Waals surface area contributed by atoms with Crippen LogP contribution < -0.4 is 11.1 Å². The van der Waals surface area contributed by atoms with E-state index in [-0.39, 0.29) is 5.41 Å². The molecule has 0 spiro atoms. The van der Waals surface area contributed by atoms with E-state index in [0.717, 1.165) is 17.6 Å². The summed E-state index contributed by atoms with van der Waals surface area (Å²) < 4.78 is 2.03. The Balaban J connectivity index is 2.35. The van der Waals surface area contributed by atoms with Crippen LogP contribution in [0.2, 0.25) is 0 Å². The molecule has 1 heterocycles. The van der Waals surface area contributed by atoms with Crippen molar-refractivity contribution in [3.63, 3.8) is 0 Å². The SMILES string of the molecule is Cn1cnc2cc(C(C)(C)CNCN)ccc21. The molecule has 0 saturated heterocycles. The molecule has 0 bridgehead atoms. The van der Waals surface area contributed by atoms with Gasteiger partial charge >= 0.3 is 0 Å². The maximum atomic E-state index is 5.48. The van der Waals surface area contributed by atoms with Gasteiger partial charge in [0.1, 0.15) is 0 Å². The number of nitrogens with one attached hydrogen (secondary N) is 1. The first-order chi connectivity index (χ1) is 8.04. The van der Waals surface area contributed by atoms with Crippen LogP contribution in [0.4, 0.5) is 0 Å². The van der Waals surface area contributed by atoms with Crippen LogP contribution >= 0.6 is 0 Å². The molecule has 2 aromatic rings. The van der Waals surface area contributed by atoms with E-state index in [1.54, 1.807) is 0 Å². The molecule has 0 amide bonds. The summed E-state index contributed by atoms with van der Waals surface area (Å²) in [4.78, 5) is 4.39. The average Bonchev–Trinajstić information content (AvgIpc) is 2.68. The highest BCUT2D eigenvalue weighted by molar-refractivity contribution is 5.76. The highest BCUT2D eigenvalue weighted by Gasteiger charge is 2.20. The molecule has 4 nitrogen and oxygen atoms in total. The smallest absolute Gasteiger partial charge is 0.0955 e. The fourth-order valence-corrected chi connectivity index (χ4v) is 2.04. The summed E-state index contributed by atoms with van der Waals surface area (Å²) in [5.74, 6) is 0. The van der Waals surface area contributed by atoms with Crippen LogP contribution in [0.15, 0.2) is 24.5 Å². The van der Waals surface area contributed by atoms with Gasteiger partial charge in [-0.15, -0.1) is 0 Å². The van der Waals surface area contributed by atoms with E-state index in [1.165, 1.54) is 5.56 Å². The van der Waals surface area contributed by atoms with Crippen LogP contribution in [0, 0.1) is 0 Å². The van der Waals surface area contributed by atoms with E-state index in [1.807, 2.05) is 17.9 Å². The van der Waals surface area contributed by atoms with Gasteiger partial charge in [0.25, 0.3) is 0 Å². The first-order valence-corrected chi connectivity index (χ1v) is 5.87. The lowest BCUT2D eigenvalue weighted by molar-refractivity contribution is 0.475. The number of hydrogen-bond donors (Lipinski definition) is 2. The number of nitrogens with two attached hydrogens (primary N) is 1. The van der Waals surface area contributed by atoms with Crippen LogP contribution in [0.1, 0.15) is 19.4 Å². The second-order valence-corrected chi connectivity index (χ2v) is 5.07. The van der Waals surface area contributed by atoms with Crippen molar-refractivity contribution in [2.45, 2.75) is 19.3 Å². The van der Waals surface area contributed by atoms with E-state index in [2.05, 4.69) is 42.3 Å². The quantitative estimate of drug-likeness (QED) is 0.783. The second-order valence-electron chi connectivity index (χ2n) is 5.07. The number of benzene rings is 1. The first-order valence-electron chi connectivity index (χ1n) is 5.87. The Morgan fingerprint density at radius 1 is 1.41 bits per heavy atom. The first kappa shape index (κ1) is 12.1. The number of aryl methyl sites for hydroxylation is 1. The van der Waals surface area contributed by atoms with E-state index >= 15 is 0 Å². The van der Waals surface area contributed by atoms with Crippen LogP contribution in [0.5, 0.6) is 0 Å². The number of nitrogens with zero attached hydrogens (tertiary/aromatic N) is 2. The van der Waals surface area contributed by atoms with E-state index in [0.29, 0.717) is 6.67 Å². The Bertz CT molecular complexity index is 513. The zero-order valence-corrected chi connectivity index (χ0v) is 10.7. The predicted octanol–water partition coefficient (Wildman–Crippen LogP) is 1.36. The van der Waals surface area contributed by atoms with Crippen molar-refractivity contribution in [2.75, 3.05) is 13.2 Å². The molecule has 1 aromatic carbocycles. The number of aromatic nitrogens is 2. The molecular weight excluding hydrogens is 212 g/mol. The Morgan fingerprint density at radius 2 is 2.18 bits per heavy atom. The summed E-state index contributed by atoms with van der Waals surface area (Å²) in [6.45, 7) is 5.79. The molecule has 4 heteroatoms. The highest BCUT2D eigenvalue weighted by atomic mass is 15.0. The zero-order chi connectivity index (χ0) is 12.5. The van der Waals surface area contributed by atoms with Gasteiger partial charge in [0.2, 0.25) is 0 Å². The van der Waals surface area contributed by atoms with Crippen molar-refractivity contribution in [2.24, 2.45) is 12.8 Å². The van der Waals surface area contributed by atoms with Gasteiger partial charge in [-0.3, -0.25) is 0 Å². The maximum absolute atomic E-state index is 5.48. The van der Waals surface area contributed by atoms with E-state index in [9.17, 15) is 0 Å². The van der Waals surface area contributed by atoms with Gasteiger partial charge in [-0.05, 0) is 17.7 Å². The lowest BCUT2D eigenvalue weighted by Gasteiger charge is -2.25. The summed E-state index contributed by atoms with van der Waals surface area (Å²) in [7, 11) is 2.01. The molecule has 0 aliphatic rings. The van der Waals surface area contributed by atoms with Crippen molar-refractivity contribution in [3.8, 4) is 0 Å². The fourth-order valence-electron chi connectivity index (χ4n) is 2.04. The van der Waals surface area contributed by atoms with Crippen LogP contribution in [-0.4, -0.2) is 22.8 Å². The summed E-state index contributed by atoms with van der Waals surface area (Å²) in [5, 5.41) is 3.19. The molecule has 17 heavy (non-hydrogen) atoms. The molecule has 0 aliphatic carbocycles. The molecule has 1 aromatic heterocycles. The van der Waals surface area contributed by atoms with E-state index in [4.69, 9.17) is 5.73 Å². The Hall–Kier alpha value is -1.39. The Kier molecular flexibility index (Phi) is 3.17. The molecule has 0 saturated carbocycles. The van der Waals surface area contributed by atoms with Crippen LogP contribution in [0.25, 0.3) is 11.0 Å². The van der Waals surface area contributed by atoms with E-state index < -0.39 is 0 Å². The van der Waals surface area contributed by atoms with Crippen molar-refractivity contribution < 1.29 is 0 Å². The Labute approximate surface area is 102 Å². The lowest BCUT2D eigenvalue weighted by atomic mass is 9.84. The minimum atomic E-state index is 0.0606. The third-order valence-corrected chi connectivity index (χ3v) is 3.22. The highest BCUT2D eigenvalue weighted by Crippen LogP contribution is 2.25. The average molecular weight is 232 g/mol. The van der Waals surface area contributed by atoms with Gasteiger partial charge < -0.3 is 15.6 Å². The molecule has 0 unspecified atom stereocenters. The van der Waals surface area contributed by atoms with Gasteiger partial charge in [0.05, 0.1) is 17.4 Å². The van der Waals surface area contributed by atoms with Crippen molar-refractivity contribution in [1.29, 1.82) is 0 Å². The standard InChI is InChI=1S/C13H20N4/c1-13(2,7-15-8-14)10-4-5-12-11(6-10)16-9-17(12)3/h4-6,9,15H,7-8,14H2,1-3H3. The predicted molar refractivity (Wildman–Crippen MR) is 70.8 cm³/mol. The molecule has 0 atom stereocenters. The fraction of sp³-hybridized carbons (Fsp3) is 0.462. The number of imidazole rings is 1. The largest absolute Gasteiger partial charge is 0.334 e. The van der Waals surface area contributed by atoms with Gasteiger partial charge in [-0.25, -0.2) is 4.98 Å². The zero-order valence-electron chi connectivity index (χ0n) is 10.7. The monoisotopic (exact) mass is 232 g/mol. The van der Waals surface area contributed by atoms with Crippen molar-refractivity contribution >= 4 is 11.0 Å². The lowest BCUT2D eigenvalue weighted by Crippen LogP contribution is -2.35. The van der Waals surface area contributed by atoms with Crippen LogP contribution in [0.3, 0.4) is 0 Å². The Morgan fingerprint density at radius 3 is 2.88 bits per heavy atom. The van der Waals surface area contributed by atoms with Gasteiger partial charge in [0, 0.05) is 25.7 Å². The molecule has 0 fully saturated rings. The minimum absolute atomic E-state index is 0.0606. The molecule has 0 radical (unpaired) electrons. The summed E-state index contributed by atoms with van der Waals surface area (Å²) in [6.07, 6.45) is 1.85. The summed E-state index contributed by atoms with van der Waals surface area (Å²) >= 11 is 0. The van der Waals surface area contributed by atoms with Crippen molar-refractivity contribution in [3.05, 3.63) is 30.1 Å². The molecule has 3 N–H and O–H groups in total. The third-order valence-electron chi connectivity index (χ3n) is 3.22. The third kappa shape index (κ3) is 2.33. The molecule has 2 rings (SSSR count). The number of hydrogen-bond acceptors (Lipinski definition) is 3. The van der Waals surface area contributed by atoms with Crippen LogP contribution in [-0.2, 0) is 12.5 Å². The number of fused-ring (bicyclic) bond motifs is 1. The molecular formula is C13H20N4. The minimum Gasteiger partial charge on any atom is -0.334 e. The van der Waals surface area contributed by atoms with Crippen molar-refractivity contribution in [1.82, 2.24) is 14.9 Å². The van der Waals surface area contributed by atoms with Gasteiger partial charge in [-0.1, -0.05) is 19.9 Å². The van der Waals surface area contributed by atoms with Gasteiger partial charge in [-0.2, -0.15) is 0 Å². The van der Waals surface area contributed by atoms with Gasteiger partial charge in [0.15, 0.2) is 0 Å².